The molecule has 1 amide bonds. The summed E-state index contributed by atoms with van der Waals surface area (Å²) in [6, 6.07) is 7.58. The summed E-state index contributed by atoms with van der Waals surface area (Å²) in [4.78, 5) is 11.8. The Morgan fingerprint density at radius 3 is 2.28 bits per heavy atom. The number of nitrogens with one attached hydrogen (secondary N) is 1. The summed E-state index contributed by atoms with van der Waals surface area (Å²) >= 11 is 5.85. The lowest BCUT2D eigenvalue weighted by atomic mass is 10.0. The number of benzene rings is 1. The van der Waals surface area contributed by atoms with Crippen molar-refractivity contribution in [3.63, 3.8) is 0 Å². The van der Waals surface area contributed by atoms with Crippen LogP contribution in [0.15, 0.2) is 41.1 Å². The van der Waals surface area contributed by atoms with Crippen molar-refractivity contribution >= 4 is 23.6 Å². The van der Waals surface area contributed by atoms with E-state index >= 15 is 0 Å². The number of halogens is 1. The molecule has 1 aliphatic rings. The van der Waals surface area contributed by atoms with Crippen LogP contribution in [0.5, 0.6) is 0 Å². The topological polar surface area (TPSA) is 29.1 Å². The van der Waals surface area contributed by atoms with Crippen molar-refractivity contribution in [2.75, 3.05) is 0 Å². The molecule has 0 radical (unpaired) electrons. The normalized spacial score (nSPS) is 17.5. The first kappa shape index (κ1) is 12.9. The number of hydrogen-bond acceptors (Lipinski definition) is 1. The fraction of sp³-hybridized carbons (Fsp3) is 0.267. The van der Waals surface area contributed by atoms with Gasteiger partial charge in [0.2, 0.25) is 0 Å². The molecule has 0 spiro atoms. The van der Waals surface area contributed by atoms with Crippen LogP contribution < -0.4 is 5.32 Å². The maximum Gasteiger partial charge on any atom is 0.251 e. The Morgan fingerprint density at radius 1 is 1.11 bits per heavy atom. The summed E-state index contributed by atoms with van der Waals surface area (Å²) in [5.41, 5.74) is 3.98. The Labute approximate surface area is 112 Å². The van der Waals surface area contributed by atoms with Crippen LogP contribution in [0.25, 0.3) is 6.08 Å². The van der Waals surface area contributed by atoms with Gasteiger partial charge in [0.1, 0.15) is 0 Å². The SMILES string of the molecule is CCC1=C(CC)/C(=C\c2ccc(Cl)cc2)NC1=O. The summed E-state index contributed by atoms with van der Waals surface area (Å²) in [6.45, 7) is 4.08. The largest absolute Gasteiger partial charge is 0.322 e. The van der Waals surface area contributed by atoms with Gasteiger partial charge in [0.15, 0.2) is 0 Å². The van der Waals surface area contributed by atoms with Crippen LogP contribution >= 0.6 is 11.6 Å². The van der Waals surface area contributed by atoms with Gasteiger partial charge in [0, 0.05) is 16.3 Å². The highest BCUT2D eigenvalue weighted by Gasteiger charge is 2.23. The van der Waals surface area contributed by atoms with E-state index in [1.165, 1.54) is 0 Å². The monoisotopic (exact) mass is 261 g/mol. The van der Waals surface area contributed by atoms with Crippen molar-refractivity contribution in [1.29, 1.82) is 0 Å². The summed E-state index contributed by atoms with van der Waals surface area (Å²) in [7, 11) is 0. The second kappa shape index (κ2) is 5.40. The minimum Gasteiger partial charge on any atom is -0.322 e. The average molecular weight is 262 g/mol. The van der Waals surface area contributed by atoms with Gasteiger partial charge in [-0.05, 0) is 42.2 Å². The standard InChI is InChI=1S/C15H16ClNO/c1-3-12-13(4-2)15(18)17-14(12)9-10-5-7-11(16)8-6-10/h5-9H,3-4H2,1-2H3,(H,17,18)/b14-9+. The highest BCUT2D eigenvalue weighted by molar-refractivity contribution is 6.30. The molecule has 2 nitrogen and oxygen atoms in total. The van der Waals surface area contributed by atoms with Crippen LogP contribution in [0.2, 0.25) is 5.02 Å². The first-order valence-electron chi connectivity index (χ1n) is 6.16. The van der Waals surface area contributed by atoms with Crippen LogP contribution in [-0.4, -0.2) is 5.91 Å². The van der Waals surface area contributed by atoms with Crippen molar-refractivity contribution in [2.45, 2.75) is 26.7 Å². The fourth-order valence-electron chi connectivity index (χ4n) is 2.20. The van der Waals surface area contributed by atoms with E-state index in [1.807, 2.05) is 37.3 Å². The van der Waals surface area contributed by atoms with Crippen molar-refractivity contribution < 1.29 is 4.79 Å². The molecule has 1 N–H and O–H groups in total. The third-order valence-electron chi connectivity index (χ3n) is 3.10. The van der Waals surface area contributed by atoms with Crippen molar-refractivity contribution in [3.8, 4) is 0 Å². The second-order valence-electron chi connectivity index (χ2n) is 4.23. The maximum absolute atomic E-state index is 11.8. The molecule has 1 aliphatic heterocycles. The van der Waals surface area contributed by atoms with Crippen LogP contribution in [0.4, 0.5) is 0 Å². The number of rotatable bonds is 3. The summed E-state index contributed by atoms with van der Waals surface area (Å²) < 4.78 is 0. The first-order valence-corrected chi connectivity index (χ1v) is 6.54. The van der Waals surface area contributed by atoms with E-state index in [0.29, 0.717) is 5.02 Å². The zero-order valence-electron chi connectivity index (χ0n) is 10.6. The Kier molecular flexibility index (Phi) is 3.87. The van der Waals surface area contributed by atoms with Gasteiger partial charge < -0.3 is 5.32 Å². The minimum absolute atomic E-state index is 0.0366. The molecule has 0 unspecified atom stereocenters. The van der Waals surface area contributed by atoms with Gasteiger partial charge in [0.05, 0.1) is 0 Å². The molecule has 2 rings (SSSR count). The van der Waals surface area contributed by atoms with Gasteiger partial charge >= 0.3 is 0 Å². The van der Waals surface area contributed by atoms with Gasteiger partial charge in [0.25, 0.3) is 5.91 Å². The molecule has 1 heterocycles. The highest BCUT2D eigenvalue weighted by Crippen LogP contribution is 2.27. The maximum atomic E-state index is 11.8. The fourth-order valence-corrected chi connectivity index (χ4v) is 2.33. The van der Waals surface area contributed by atoms with E-state index in [2.05, 4.69) is 12.2 Å². The molecule has 0 saturated heterocycles. The van der Waals surface area contributed by atoms with Gasteiger partial charge in [-0.3, -0.25) is 4.79 Å². The lowest BCUT2D eigenvalue weighted by molar-refractivity contribution is -0.116. The quantitative estimate of drug-likeness (QED) is 0.878. The van der Waals surface area contributed by atoms with Crippen molar-refractivity contribution in [2.24, 2.45) is 0 Å². The molecule has 0 fully saturated rings. The Balaban J connectivity index is 2.37. The van der Waals surface area contributed by atoms with E-state index in [1.54, 1.807) is 0 Å². The molecular formula is C15H16ClNO. The molecule has 1 aromatic rings. The van der Waals surface area contributed by atoms with Crippen LogP contribution in [-0.2, 0) is 4.79 Å². The number of allylic oxidation sites excluding steroid dienone is 1. The molecule has 0 aromatic heterocycles. The summed E-state index contributed by atoms with van der Waals surface area (Å²) in [6.07, 6.45) is 3.63. The Hall–Kier alpha value is -1.54. The number of amides is 1. The lowest BCUT2D eigenvalue weighted by Crippen LogP contribution is -2.16. The van der Waals surface area contributed by atoms with E-state index in [0.717, 1.165) is 35.2 Å². The lowest BCUT2D eigenvalue weighted by Gasteiger charge is -2.03. The molecule has 0 bridgehead atoms. The molecule has 3 heteroatoms. The summed E-state index contributed by atoms with van der Waals surface area (Å²) in [5, 5.41) is 3.65. The van der Waals surface area contributed by atoms with Gasteiger partial charge in [-0.25, -0.2) is 0 Å². The van der Waals surface area contributed by atoms with Crippen molar-refractivity contribution in [1.82, 2.24) is 5.32 Å². The number of hydrogen-bond donors (Lipinski definition) is 1. The average Bonchev–Trinajstić information content (AvgIpc) is 2.67. The van der Waals surface area contributed by atoms with Crippen LogP contribution in [0.1, 0.15) is 32.3 Å². The minimum atomic E-state index is 0.0366. The van der Waals surface area contributed by atoms with Gasteiger partial charge in [-0.1, -0.05) is 37.6 Å². The van der Waals surface area contributed by atoms with E-state index < -0.39 is 0 Å². The highest BCUT2D eigenvalue weighted by atomic mass is 35.5. The molecule has 1 aromatic carbocycles. The molecule has 0 saturated carbocycles. The first-order chi connectivity index (χ1) is 8.65. The molecular weight excluding hydrogens is 246 g/mol. The zero-order chi connectivity index (χ0) is 13.1. The predicted molar refractivity (Wildman–Crippen MR) is 75.2 cm³/mol. The molecule has 0 aliphatic carbocycles. The van der Waals surface area contributed by atoms with E-state index in [9.17, 15) is 4.79 Å². The van der Waals surface area contributed by atoms with Crippen LogP contribution in [0, 0.1) is 0 Å². The third-order valence-corrected chi connectivity index (χ3v) is 3.35. The zero-order valence-corrected chi connectivity index (χ0v) is 11.3. The number of carbonyl (C=O) groups is 1. The molecule has 0 atom stereocenters. The number of carbonyl (C=O) groups excluding carboxylic acids is 1. The van der Waals surface area contributed by atoms with Gasteiger partial charge in [-0.15, -0.1) is 0 Å². The van der Waals surface area contributed by atoms with Crippen LogP contribution in [0.3, 0.4) is 0 Å². The Bertz CT molecular complexity index is 526. The molecule has 94 valence electrons. The summed E-state index contributed by atoms with van der Waals surface area (Å²) in [5.74, 6) is 0.0366. The van der Waals surface area contributed by atoms with Crippen molar-refractivity contribution in [3.05, 3.63) is 51.7 Å². The Morgan fingerprint density at radius 2 is 1.72 bits per heavy atom. The second-order valence-corrected chi connectivity index (χ2v) is 4.66. The predicted octanol–water partition coefficient (Wildman–Crippen LogP) is 3.93. The van der Waals surface area contributed by atoms with E-state index in [-0.39, 0.29) is 5.91 Å². The molecule has 18 heavy (non-hydrogen) atoms. The smallest absolute Gasteiger partial charge is 0.251 e. The van der Waals surface area contributed by atoms with Gasteiger partial charge in [-0.2, -0.15) is 0 Å². The third kappa shape index (κ3) is 2.49. The van der Waals surface area contributed by atoms with E-state index in [4.69, 9.17) is 11.6 Å².